The van der Waals surface area contributed by atoms with Crippen LogP contribution in [0.4, 0.5) is 0 Å². The first-order chi connectivity index (χ1) is 10.6. The highest BCUT2D eigenvalue weighted by atomic mass is 16.5. The van der Waals surface area contributed by atoms with Gasteiger partial charge in [0.1, 0.15) is 0 Å². The third kappa shape index (κ3) is 4.32. The first-order valence-corrected chi connectivity index (χ1v) is 7.55. The van der Waals surface area contributed by atoms with Gasteiger partial charge in [0.25, 0.3) is 5.91 Å². The molecule has 0 bridgehead atoms. The van der Waals surface area contributed by atoms with E-state index >= 15 is 0 Å². The second kappa shape index (κ2) is 7.59. The minimum atomic E-state index is -0.482. The fourth-order valence-corrected chi connectivity index (χ4v) is 2.35. The molecule has 0 heterocycles. The summed E-state index contributed by atoms with van der Waals surface area (Å²) in [6, 6.07) is 13.2. The van der Waals surface area contributed by atoms with Gasteiger partial charge in [0, 0.05) is 6.04 Å². The van der Waals surface area contributed by atoms with Crippen molar-refractivity contribution in [3.8, 4) is 0 Å². The van der Waals surface area contributed by atoms with Crippen LogP contribution in [0.1, 0.15) is 37.0 Å². The van der Waals surface area contributed by atoms with Gasteiger partial charge >= 0.3 is 5.97 Å². The Morgan fingerprint density at radius 3 is 2.59 bits per heavy atom. The predicted octanol–water partition coefficient (Wildman–Crippen LogP) is 3.30. The van der Waals surface area contributed by atoms with Crippen LogP contribution >= 0.6 is 0 Å². The summed E-state index contributed by atoms with van der Waals surface area (Å²) in [6.07, 6.45) is 1.91. The molecule has 1 N–H and O–H groups in total. The van der Waals surface area contributed by atoms with Crippen molar-refractivity contribution in [2.45, 2.75) is 32.7 Å². The van der Waals surface area contributed by atoms with E-state index in [0.29, 0.717) is 5.56 Å². The van der Waals surface area contributed by atoms with Crippen LogP contribution in [0.3, 0.4) is 0 Å². The van der Waals surface area contributed by atoms with Gasteiger partial charge in [-0.05, 0) is 36.2 Å². The summed E-state index contributed by atoms with van der Waals surface area (Å²) in [4.78, 5) is 23.7. The summed E-state index contributed by atoms with van der Waals surface area (Å²) in [5.74, 6) is -0.751. The van der Waals surface area contributed by atoms with Crippen molar-refractivity contribution in [2.24, 2.45) is 0 Å². The lowest BCUT2D eigenvalue weighted by Gasteiger charge is -2.12. The zero-order valence-corrected chi connectivity index (χ0v) is 13.0. The zero-order valence-electron chi connectivity index (χ0n) is 13.0. The van der Waals surface area contributed by atoms with Gasteiger partial charge in [0.05, 0.1) is 5.56 Å². The number of hydrogen-bond acceptors (Lipinski definition) is 3. The molecule has 0 aliphatic carbocycles. The first kappa shape index (κ1) is 16.0. The van der Waals surface area contributed by atoms with Crippen LogP contribution in [-0.2, 0) is 9.53 Å². The Bertz CT molecular complexity index is 666. The second-order valence-electron chi connectivity index (χ2n) is 5.40. The topological polar surface area (TPSA) is 55.4 Å². The summed E-state index contributed by atoms with van der Waals surface area (Å²) in [5.41, 5.74) is 0.452. The summed E-state index contributed by atoms with van der Waals surface area (Å²) >= 11 is 0. The largest absolute Gasteiger partial charge is 0.452 e. The van der Waals surface area contributed by atoms with E-state index in [0.717, 1.165) is 23.6 Å². The van der Waals surface area contributed by atoms with Crippen LogP contribution in [0.5, 0.6) is 0 Å². The summed E-state index contributed by atoms with van der Waals surface area (Å²) in [7, 11) is 0. The summed E-state index contributed by atoms with van der Waals surface area (Å²) < 4.78 is 5.07. The number of amides is 1. The fraction of sp³-hybridized carbons (Fsp3) is 0.333. The number of carbonyl (C=O) groups is 2. The molecule has 1 amide bonds. The molecule has 0 unspecified atom stereocenters. The average molecular weight is 299 g/mol. The number of rotatable bonds is 6. The van der Waals surface area contributed by atoms with Crippen molar-refractivity contribution < 1.29 is 14.3 Å². The number of benzene rings is 2. The molecular weight excluding hydrogens is 278 g/mol. The van der Waals surface area contributed by atoms with E-state index in [-0.39, 0.29) is 18.6 Å². The van der Waals surface area contributed by atoms with Crippen LogP contribution in [0, 0.1) is 0 Å². The quantitative estimate of drug-likeness (QED) is 0.833. The first-order valence-electron chi connectivity index (χ1n) is 7.55. The molecule has 0 radical (unpaired) electrons. The van der Waals surface area contributed by atoms with Crippen LogP contribution in [0.15, 0.2) is 42.5 Å². The van der Waals surface area contributed by atoms with E-state index in [4.69, 9.17) is 4.74 Å². The lowest BCUT2D eigenvalue weighted by atomic mass is 10.1. The molecule has 0 aromatic heterocycles. The number of fused-ring (bicyclic) bond motifs is 1. The van der Waals surface area contributed by atoms with E-state index in [9.17, 15) is 9.59 Å². The lowest BCUT2D eigenvalue weighted by Crippen LogP contribution is -2.35. The van der Waals surface area contributed by atoms with Crippen LogP contribution in [0.25, 0.3) is 10.8 Å². The Balaban J connectivity index is 1.92. The molecule has 2 aromatic rings. The van der Waals surface area contributed by atoms with E-state index in [2.05, 4.69) is 12.2 Å². The highest BCUT2D eigenvalue weighted by Crippen LogP contribution is 2.16. The van der Waals surface area contributed by atoms with E-state index in [1.54, 1.807) is 12.1 Å². The van der Waals surface area contributed by atoms with Crippen molar-refractivity contribution in [2.75, 3.05) is 6.61 Å². The van der Waals surface area contributed by atoms with Gasteiger partial charge < -0.3 is 10.1 Å². The van der Waals surface area contributed by atoms with Crippen molar-refractivity contribution in [3.05, 3.63) is 48.0 Å². The van der Waals surface area contributed by atoms with Gasteiger partial charge in [-0.1, -0.05) is 43.7 Å². The molecule has 0 saturated heterocycles. The van der Waals surface area contributed by atoms with Gasteiger partial charge in [-0.15, -0.1) is 0 Å². The van der Waals surface area contributed by atoms with Crippen molar-refractivity contribution >= 4 is 22.6 Å². The number of hydrogen-bond donors (Lipinski definition) is 1. The third-order valence-electron chi connectivity index (χ3n) is 3.45. The maximum atomic E-state index is 12.0. The molecule has 2 aromatic carbocycles. The van der Waals surface area contributed by atoms with Crippen molar-refractivity contribution in [1.29, 1.82) is 0 Å². The Hall–Kier alpha value is -2.36. The highest BCUT2D eigenvalue weighted by Gasteiger charge is 2.12. The fourth-order valence-electron chi connectivity index (χ4n) is 2.35. The smallest absolute Gasteiger partial charge is 0.338 e. The highest BCUT2D eigenvalue weighted by molar-refractivity contribution is 5.96. The zero-order chi connectivity index (χ0) is 15.9. The maximum absolute atomic E-state index is 12.0. The van der Waals surface area contributed by atoms with E-state index in [1.165, 1.54) is 0 Å². The normalized spacial score (nSPS) is 11.9. The monoisotopic (exact) mass is 299 g/mol. The molecule has 0 aliphatic heterocycles. The molecule has 0 saturated carbocycles. The van der Waals surface area contributed by atoms with Gasteiger partial charge in [0.15, 0.2) is 6.61 Å². The molecule has 2 rings (SSSR count). The number of carbonyl (C=O) groups excluding carboxylic acids is 2. The molecule has 0 spiro atoms. The van der Waals surface area contributed by atoms with E-state index < -0.39 is 5.97 Å². The molecule has 4 heteroatoms. The Morgan fingerprint density at radius 2 is 1.86 bits per heavy atom. The molecule has 4 nitrogen and oxygen atoms in total. The maximum Gasteiger partial charge on any atom is 0.338 e. The molecule has 22 heavy (non-hydrogen) atoms. The van der Waals surface area contributed by atoms with Gasteiger partial charge in [0.2, 0.25) is 0 Å². The Morgan fingerprint density at radius 1 is 1.14 bits per heavy atom. The van der Waals surface area contributed by atoms with Crippen LogP contribution < -0.4 is 5.32 Å². The molecule has 0 fully saturated rings. The standard InChI is InChI=1S/C18H21NO3/c1-3-6-13(2)19-17(20)12-22-18(21)16-10-9-14-7-4-5-8-15(14)11-16/h4-5,7-11,13H,3,6,12H2,1-2H3,(H,19,20)/t13-/m0/s1. The molecule has 0 aliphatic rings. The minimum absolute atomic E-state index is 0.0943. The SMILES string of the molecule is CCC[C@H](C)NC(=O)COC(=O)c1ccc2ccccc2c1. The number of nitrogens with one attached hydrogen (secondary N) is 1. The average Bonchev–Trinajstić information content (AvgIpc) is 2.52. The summed E-state index contributed by atoms with van der Waals surface area (Å²) in [5, 5.41) is 4.83. The van der Waals surface area contributed by atoms with Crippen molar-refractivity contribution in [1.82, 2.24) is 5.32 Å². The summed E-state index contributed by atoms with van der Waals surface area (Å²) in [6.45, 7) is 3.74. The van der Waals surface area contributed by atoms with E-state index in [1.807, 2.05) is 37.3 Å². The minimum Gasteiger partial charge on any atom is -0.452 e. The third-order valence-corrected chi connectivity index (χ3v) is 3.45. The van der Waals surface area contributed by atoms with Gasteiger partial charge in [-0.25, -0.2) is 4.79 Å². The van der Waals surface area contributed by atoms with Crippen molar-refractivity contribution in [3.63, 3.8) is 0 Å². The lowest BCUT2D eigenvalue weighted by molar-refractivity contribution is -0.124. The number of esters is 1. The number of ether oxygens (including phenoxy) is 1. The molecular formula is C18H21NO3. The molecule has 1 atom stereocenters. The Labute approximate surface area is 130 Å². The van der Waals surface area contributed by atoms with Crippen LogP contribution in [-0.4, -0.2) is 24.5 Å². The predicted molar refractivity (Wildman–Crippen MR) is 86.7 cm³/mol. The van der Waals surface area contributed by atoms with Gasteiger partial charge in [-0.3, -0.25) is 4.79 Å². The molecule has 116 valence electrons. The van der Waals surface area contributed by atoms with Crippen LogP contribution in [0.2, 0.25) is 0 Å². The Kier molecular flexibility index (Phi) is 5.53. The van der Waals surface area contributed by atoms with Gasteiger partial charge in [-0.2, -0.15) is 0 Å². The second-order valence-corrected chi connectivity index (χ2v) is 5.40.